The summed E-state index contributed by atoms with van der Waals surface area (Å²) in [6, 6.07) is -0.991. The lowest BCUT2D eigenvalue weighted by Gasteiger charge is -2.48. The molecule has 3 fully saturated rings. The molecule has 0 spiro atoms. The summed E-state index contributed by atoms with van der Waals surface area (Å²) < 4.78 is 34.6. The Morgan fingerprint density at radius 3 is 0.862 bits per heavy atom. The minimum Gasteiger partial charge on any atom is -0.394 e. The van der Waals surface area contributed by atoms with Crippen molar-refractivity contribution in [2.75, 3.05) is 26.4 Å². The van der Waals surface area contributed by atoms with Gasteiger partial charge < -0.3 is 89.9 Å². The van der Waals surface area contributed by atoms with E-state index in [-0.39, 0.29) is 18.9 Å². The second-order valence-electron chi connectivity index (χ2n) is 35.2. The minimum atomic E-state index is -1.98. The van der Waals surface area contributed by atoms with Gasteiger partial charge >= 0.3 is 0 Å². The highest BCUT2D eigenvalue weighted by atomic mass is 16.8. The fourth-order valence-corrected chi connectivity index (χ4v) is 16.9. The summed E-state index contributed by atoms with van der Waals surface area (Å²) in [5.41, 5.74) is 0. The van der Waals surface area contributed by atoms with Crippen molar-refractivity contribution >= 4 is 5.91 Å². The van der Waals surface area contributed by atoms with Crippen LogP contribution in [0.1, 0.15) is 444 Å². The van der Waals surface area contributed by atoms with Gasteiger partial charge in [-0.2, -0.15) is 0 Å². The highest BCUT2D eigenvalue weighted by Crippen LogP contribution is 2.34. The van der Waals surface area contributed by atoms with Crippen molar-refractivity contribution in [3.63, 3.8) is 0 Å². The molecule has 19 nitrogen and oxygen atoms in total. The molecule has 0 radical (unpaired) electrons. The van der Waals surface area contributed by atoms with E-state index in [1.165, 1.54) is 372 Å². The smallest absolute Gasteiger partial charge is 0.220 e. The van der Waals surface area contributed by atoms with Gasteiger partial charge in [0, 0.05) is 6.42 Å². The summed E-state index contributed by atoms with van der Waals surface area (Å²) in [6.07, 6.45) is 73.4. The SMILES string of the molecule is CCCCCCCCCC/C=C\CCCCCCCCCCCCCCCCCCCCCCCCCCCCCC(=O)NC(COC1OC(CO)C(OC2OC(CO)C(OC3OC(CO)C(O)C(O)C3O)C(O)C2O)C(O)C1O)C(O)/C=C/CC/C=C/CCCCCCCCCCCCCCCCCCCCCCCCCCCC. The molecular formula is C97H183NO18. The van der Waals surface area contributed by atoms with Crippen LogP contribution in [0.15, 0.2) is 36.5 Å². The Morgan fingerprint density at radius 1 is 0.302 bits per heavy atom. The molecule has 12 N–H and O–H groups in total. The van der Waals surface area contributed by atoms with Crippen LogP contribution in [0.2, 0.25) is 0 Å². The van der Waals surface area contributed by atoms with E-state index < -0.39 is 124 Å². The van der Waals surface area contributed by atoms with Gasteiger partial charge in [0.05, 0.1) is 38.6 Å². The maximum absolute atomic E-state index is 13.5. The van der Waals surface area contributed by atoms with Crippen molar-refractivity contribution in [3.05, 3.63) is 36.5 Å². The van der Waals surface area contributed by atoms with E-state index in [2.05, 4.69) is 43.5 Å². The van der Waals surface area contributed by atoms with E-state index in [9.17, 15) is 61.0 Å². The molecule has 3 aliphatic heterocycles. The third-order valence-corrected chi connectivity index (χ3v) is 24.7. The first-order chi connectivity index (χ1) is 56.8. The highest BCUT2D eigenvalue weighted by molar-refractivity contribution is 5.76. The number of nitrogens with one attached hydrogen (secondary N) is 1. The number of carbonyl (C=O) groups excluding carboxylic acids is 1. The fraction of sp³-hybridized carbons (Fsp3) is 0.928. The van der Waals surface area contributed by atoms with E-state index in [1.807, 2.05) is 6.08 Å². The standard InChI is InChI=1S/C97H183NO18/c1-3-5-7-9-11-13-15-17-19-21-23-25-27-29-31-33-35-37-38-39-40-41-42-43-45-47-49-51-53-55-57-59-61-63-65-67-69-71-73-75-85(103)98-80(81(102)74-72-70-68-66-64-62-60-58-56-54-52-50-48-46-44-36-34-32-30-28-26-24-22-20-18-16-14-12-10-8-6-4-2)79-111-95-91(109)88(106)93(83(77-100)113-95)116-97-92(110)89(107)94(84(78-101)114-97)115-96-90(108)87(105)86(104)82(76-99)112-96/h21,23,64,66,72,74,80-84,86-97,99-102,104-110H,3-20,22,24-63,65,67-71,73,75-79H2,1-2H3,(H,98,103)/b23-21-,66-64+,74-72+. The van der Waals surface area contributed by atoms with Crippen LogP contribution in [0.25, 0.3) is 0 Å². The normalized spacial score (nSPS) is 24.6. The Labute approximate surface area is 708 Å². The van der Waals surface area contributed by atoms with E-state index >= 15 is 0 Å². The Kier molecular flexibility index (Phi) is 71.5. The average molecular weight is 1650 g/mol. The van der Waals surface area contributed by atoms with Crippen LogP contribution < -0.4 is 5.32 Å². The summed E-state index contributed by atoms with van der Waals surface area (Å²) in [7, 11) is 0. The summed E-state index contributed by atoms with van der Waals surface area (Å²) >= 11 is 0. The lowest BCUT2D eigenvalue weighted by molar-refractivity contribution is -0.379. The molecule has 3 saturated heterocycles. The van der Waals surface area contributed by atoms with Gasteiger partial charge in [-0.1, -0.05) is 416 Å². The van der Waals surface area contributed by atoms with Crippen molar-refractivity contribution in [3.8, 4) is 0 Å². The van der Waals surface area contributed by atoms with Crippen molar-refractivity contribution in [1.29, 1.82) is 0 Å². The van der Waals surface area contributed by atoms with Crippen molar-refractivity contribution < 1.29 is 89.4 Å². The number of aliphatic hydroxyl groups excluding tert-OH is 11. The van der Waals surface area contributed by atoms with Gasteiger partial charge in [0.2, 0.25) is 5.91 Å². The lowest BCUT2D eigenvalue weighted by Crippen LogP contribution is -2.66. The molecule has 116 heavy (non-hydrogen) atoms. The maximum atomic E-state index is 13.5. The van der Waals surface area contributed by atoms with Crippen molar-refractivity contribution in [2.45, 2.75) is 548 Å². The Bertz CT molecular complexity index is 2230. The molecular weight excluding hydrogens is 1470 g/mol. The Hall–Kier alpha value is -1.99. The molecule has 17 atom stereocenters. The zero-order valence-electron chi connectivity index (χ0n) is 74.3. The van der Waals surface area contributed by atoms with Crippen LogP contribution in [-0.4, -0.2) is 193 Å². The zero-order valence-corrected chi connectivity index (χ0v) is 74.3. The lowest BCUT2D eigenvalue weighted by atomic mass is 9.96. The average Bonchev–Trinajstić information content (AvgIpc) is 0.779. The first-order valence-electron chi connectivity index (χ1n) is 49.2. The second-order valence-corrected chi connectivity index (χ2v) is 35.2. The van der Waals surface area contributed by atoms with Gasteiger partial charge in [-0.25, -0.2) is 0 Å². The molecule has 0 saturated carbocycles. The quantitative estimate of drug-likeness (QED) is 0.0199. The molecule has 0 aromatic carbocycles. The predicted molar refractivity (Wildman–Crippen MR) is 471 cm³/mol. The first-order valence-corrected chi connectivity index (χ1v) is 49.2. The molecule has 3 aliphatic rings. The van der Waals surface area contributed by atoms with Gasteiger partial charge in [0.15, 0.2) is 18.9 Å². The molecule has 0 aromatic rings. The number of hydrogen-bond acceptors (Lipinski definition) is 18. The monoisotopic (exact) mass is 1650 g/mol. The number of carbonyl (C=O) groups is 1. The van der Waals surface area contributed by atoms with Crippen LogP contribution in [0.5, 0.6) is 0 Å². The Morgan fingerprint density at radius 2 is 0.552 bits per heavy atom. The number of ether oxygens (including phenoxy) is 6. The molecule has 19 heteroatoms. The van der Waals surface area contributed by atoms with E-state index in [0.717, 1.165) is 38.5 Å². The molecule has 684 valence electrons. The number of unbranched alkanes of at least 4 members (excludes halogenated alkanes) is 62. The van der Waals surface area contributed by atoms with Crippen LogP contribution in [-0.2, 0) is 33.2 Å². The van der Waals surface area contributed by atoms with E-state index in [0.29, 0.717) is 12.8 Å². The van der Waals surface area contributed by atoms with Crippen molar-refractivity contribution in [1.82, 2.24) is 5.32 Å². The summed E-state index contributed by atoms with van der Waals surface area (Å²) in [5.74, 6) is -0.275. The molecule has 17 unspecified atom stereocenters. The molecule has 3 rings (SSSR count). The third-order valence-electron chi connectivity index (χ3n) is 24.7. The van der Waals surface area contributed by atoms with Gasteiger partial charge in [-0.05, 0) is 57.8 Å². The van der Waals surface area contributed by atoms with Crippen LogP contribution in [0, 0.1) is 0 Å². The number of hydrogen-bond donors (Lipinski definition) is 12. The number of rotatable bonds is 82. The topological polar surface area (TPSA) is 307 Å². The first kappa shape index (κ1) is 108. The van der Waals surface area contributed by atoms with Crippen LogP contribution in [0.4, 0.5) is 0 Å². The number of allylic oxidation sites excluding steroid dienone is 5. The fourth-order valence-electron chi connectivity index (χ4n) is 16.9. The van der Waals surface area contributed by atoms with Crippen LogP contribution >= 0.6 is 0 Å². The molecule has 0 aromatic heterocycles. The maximum Gasteiger partial charge on any atom is 0.220 e. The number of aliphatic hydroxyl groups is 11. The van der Waals surface area contributed by atoms with E-state index in [1.54, 1.807) is 6.08 Å². The zero-order chi connectivity index (χ0) is 83.8. The van der Waals surface area contributed by atoms with Gasteiger partial charge in [0.25, 0.3) is 0 Å². The largest absolute Gasteiger partial charge is 0.394 e. The summed E-state index contributed by atoms with van der Waals surface area (Å²) in [5, 5.41) is 121. The molecule has 0 bridgehead atoms. The van der Waals surface area contributed by atoms with Gasteiger partial charge in [-0.15, -0.1) is 0 Å². The predicted octanol–water partition coefficient (Wildman–Crippen LogP) is 20.1. The molecule has 0 aliphatic carbocycles. The molecule has 3 heterocycles. The molecule has 1 amide bonds. The summed E-state index contributed by atoms with van der Waals surface area (Å²) in [6.45, 7) is 1.80. The highest BCUT2D eigenvalue weighted by Gasteiger charge is 2.54. The third kappa shape index (κ3) is 53.9. The van der Waals surface area contributed by atoms with E-state index in [4.69, 9.17) is 28.4 Å². The Balaban J connectivity index is 1.29. The van der Waals surface area contributed by atoms with Crippen LogP contribution in [0.3, 0.4) is 0 Å². The summed E-state index contributed by atoms with van der Waals surface area (Å²) in [4.78, 5) is 13.5. The number of amides is 1. The van der Waals surface area contributed by atoms with Crippen molar-refractivity contribution in [2.24, 2.45) is 0 Å². The van der Waals surface area contributed by atoms with Gasteiger partial charge in [-0.3, -0.25) is 4.79 Å². The second kappa shape index (κ2) is 76.6. The minimum absolute atomic E-state index is 0.241. The van der Waals surface area contributed by atoms with Gasteiger partial charge in [0.1, 0.15) is 73.2 Å².